The standard InChI is InChI=1S/C19H19NO2/c21-18(16-10-5-2-6-11-16)20-13-7-12-17(19(20)22)14-15-8-3-1-4-9-15/h1-6,8-11,17H,7,12-14H2. The molecular weight excluding hydrogens is 274 g/mol. The highest BCUT2D eigenvalue weighted by molar-refractivity contribution is 6.05. The van der Waals surface area contributed by atoms with E-state index in [-0.39, 0.29) is 17.7 Å². The van der Waals surface area contributed by atoms with Gasteiger partial charge in [0.1, 0.15) is 0 Å². The Morgan fingerprint density at radius 1 is 1.00 bits per heavy atom. The predicted molar refractivity (Wildman–Crippen MR) is 85.4 cm³/mol. The highest BCUT2D eigenvalue weighted by Crippen LogP contribution is 2.23. The normalized spacial score (nSPS) is 18.3. The van der Waals surface area contributed by atoms with Crippen LogP contribution in [0.1, 0.15) is 28.8 Å². The zero-order chi connectivity index (χ0) is 15.4. The molecule has 1 unspecified atom stereocenters. The highest BCUT2D eigenvalue weighted by Gasteiger charge is 2.32. The van der Waals surface area contributed by atoms with Crippen molar-refractivity contribution in [3.05, 3.63) is 71.8 Å². The molecule has 3 nitrogen and oxygen atoms in total. The molecule has 112 valence electrons. The number of benzene rings is 2. The molecule has 1 heterocycles. The van der Waals surface area contributed by atoms with Gasteiger partial charge in [0, 0.05) is 18.0 Å². The van der Waals surface area contributed by atoms with Crippen molar-refractivity contribution >= 4 is 11.8 Å². The second-order valence-corrected chi connectivity index (χ2v) is 5.69. The summed E-state index contributed by atoms with van der Waals surface area (Å²) in [7, 11) is 0. The van der Waals surface area contributed by atoms with Crippen LogP contribution < -0.4 is 0 Å². The Balaban J connectivity index is 1.74. The number of carbonyl (C=O) groups excluding carboxylic acids is 2. The molecule has 0 aliphatic carbocycles. The largest absolute Gasteiger partial charge is 0.278 e. The van der Waals surface area contributed by atoms with Crippen molar-refractivity contribution in [2.45, 2.75) is 19.3 Å². The van der Waals surface area contributed by atoms with Gasteiger partial charge >= 0.3 is 0 Å². The Morgan fingerprint density at radius 2 is 1.64 bits per heavy atom. The summed E-state index contributed by atoms with van der Waals surface area (Å²) in [6, 6.07) is 19.0. The van der Waals surface area contributed by atoms with Gasteiger partial charge in [-0.3, -0.25) is 14.5 Å². The summed E-state index contributed by atoms with van der Waals surface area (Å²) in [5.74, 6) is -0.309. The SMILES string of the molecule is O=C(c1ccccc1)N1CCCC(Cc2ccccc2)C1=O. The molecule has 1 fully saturated rings. The molecule has 2 aromatic rings. The summed E-state index contributed by atoms with van der Waals surface area (Å²) in [4.78, 5) is 26.6. The van der Waals surface area contributed by atoms with Gasteiger partial charge in [-0.1, -0.05) is 48.5 Å². The van der Waals surface area contributed by atoms with E-state index < -0.39 is 0 Å². The molecule has 1 aliphatic heterocycles. The number of hydrogen-bond acceptors (Lipinski definition) is 2. The average Bonchev–Trinajstić information content (AvgIpc) is 2.58. The first-order valence-electron chi connectivity index (χ1n) is 7.70. The van der Waals surface area contributed by atoms with E-state index in [1.807, 2.05) is 48.5 Å². The summed E-state index contributed by atoms with van der Waals surface area (Å²) in [5, 5.41) is 0. The predicted octanol–water partition coefficient (Wildman–Crippen LogP) is 3.31. The third-order valence-electron chi connectivity index (χ3n) is 4.14. The van der Waals surface area contributed by atoms with Crippen molar-refractivity contribution in [3.8, 4) is 0 Å². The first-order valence-corrected chi connectivity index (χ1v) is 7.70. The van der Waals surface area contributed by atoms with Gasteiger partial charge in [0.15, 0.2) is 0 Å². The lowest BCUT2D eigenvalue weighted by molar-refractivity contribution is -0.135. The lowest BCUT2D eigenvalue weighted by Gasteiger charge is -2.31. The van der Waals surface area contributed by atoms with Gasteiger partial charge in [-0.05, 0) is 37.0 Å². The first kappa shape index (κ1) is 14.5. The van der Waals surface area contributed by atoms with Gasteiger partial charge in [-0.15, -0.1) is 0 Å². The molecule has 0 spiro atoms. The maximum atomic E-state index is 12.6. The molecule has 0 bridgehead atoms. The average molecular weight is 293 g/mol. The molecule has 22 heavy (non-hydrogen) atoms. The monoisotopic (exact) mass is 293 g/mol. The quantitative estimate of drug-likeness (QED) is 0.814. The number of carbonyl (C=O) groups is 2. The van der Waals surface area contributed by atoms with Gasteiger partial charge in [0.2, 0.25) is 5.91 Å². The number of hydrogen-bond donors (Lipinski definition) is 0. The van der Waals surface area contributed by atoms with Crippen LogP contribution in [0.3, 0.4) is 0 Å². The van der Waals surface area contributed by atoms with E-state index in [2.05, 4.69) is 0 Å². The van der Waals surface area contributed by atoms with Crippen molar-refractivity contribution in [1.29, 1.82) is 0 Å². The van der Waals surface area contributed by atoms with Crippen molar-refractivity contribution in [1.82, 2.24) is 4.90 Å². The lowest BCUT2D eigenvalue weighted by atomic mass is 9.90. The zero-order valence-electron chi connectivity index (χ0n) is 12.4. The summed E-state index contributed by atoms with van der Waals surface area (Å²) >= 11 is 0. The van der Waals surface area contributed by atoms with Crippen molar-refractivity contribution in [2.24, 2.45) is 5.92 Å². The number of amides is 2. The molecule has 0 radical (unpaired) electrons. The van der Waals surface area contributed by atoms with Gasteiger partial charge < -0.3 is 0 Å². The van der Waals surface area contributed by atoms with Gasteiger partial charge in [-0.25, -0.2) is 0 Å². The maximum Gasteiger partial charge on any atom is 0.260 e. The van der Waals surface area contributed by atoms with E-state index >= 15 is 0 Å². The molecule has 1 aliphatic rings. The van der Waals surface area contributed by atoms with E-state index in [9.17, 15) is 9.59 Å². The highest BCUT2D eigenvalue weighted by atomic mass is 16.2. The maximum absolute atomic E-state index is 12.6. The van der Waals surface area contributed by atoms with Crippen molar-refractivity contribution in [2.75, 3.05) is 6.54 Å². The third kappa shape index (κ3) is 3.08. The van der Waals surface area contributed by atoms with E-state index in [0.717, 1.165) is 18.4 Å². The van der Waals surface area contributed by atoms with Crippen LogP contribution in [0.25, 0.3) is 0 Å². The van der Waals surface area contributed by atoms with Crippen molar-refractivity contribution in [3.63, 3.8) is 0 Å². The van der Waals surface area contributed by atoms with E-state index in [0.29, 0.717) is 18.5 Å². The number of nitrogens with zero attached hydrogens (tertiary/aromatic N) is 1. The third-order valence-corrected chi connectivity index (χ3v) is 4.14. The minimum atomic E-state index is -0.177. The summed E-state index contributed by atoms with van der Waals surface area (Å²) in [5.41, 5.74) is 1.73. The van der Waals surface area contributed by atoms with E-state index in [1.165, 1.54) is 4.90 Å². The van der Waals surface area contributed by atoms with Crippen LogP contribution >= 0.6 is 0 Å². The minimum absolute atomic E-state index is 0.0380. The van der Waals surface area contributed by atoms with Crippen LogP contribution in [0.2, 0.25) is 0 Å². The molecule has 0 N–H and O–H groups in total. The van der Waals surface area contributed by atoms with Gasteiger partial charge in [-0.2, -0.15) is 0 Å². The number of piperidine rings is 1. The Morgan fingerprint density at radius 3 is 2.32 bits per heavy atom. The number of likely N-dealkylation sites (tertiary alicyclic amines) is 1. The second kappa shape index (κ2) is 6.56. The molecule has 2 aromatic carbocycles. The molecule has 2 amide bonds. The topological polar surface area (TPSA) is 37.4 Å². The Bertz CT molecular complexity index is 652. The fourth-order valence-corrected chi connectivity index (χ4v) is 2.98. The van der Waals surface area contributed by atoms with Crippen LogP contribution in [-0.2, 0) is 11.2 Å². The second-order valence-electron chi connectivity index (χ2n) is 5.69. The summed E-state index contributed by atoms with van der Waals surface area (Å²) in [6.07, 6.45) is 2.44. The fourth-order valence-electron chi connectivity index (χ4n) is 2.98. The van der Waals surface area contributed by atoms with Crippen LogP contribution in [0.15, 0.2) is 60.7 Å². The molecule has 0 saturated carbocycles. The van der Waals surface area contributed by atoms with E-state index in [4.69, 9.17) is 0 Å². The first-order chi connectivity index (χ1) is 10.8. The Hall–Kier alpha value is -2.42. The number of rotatable bonds is 3. The Labute approximate surface area is 130 Å². The van der Waals surface area contributed by atoms with Crippen LogP contribution in [0.4, 0.5) is 0 Å². The molecule has 3 heteroatoms. The lowest BCUT2D eigenvalue weighted by Crippen LogP contribution is -2.45. The fraction of sp³-hybridized carbons (Fsp3) is 0.263. The van der Waals surface area contributed by atoms with Crippen LogP contribution in [0.5, 0.6) is 0 Å². The van der Waals surface area contributed by atoms with Crippen LogP contribution in [0, 0.1) is 5.92 Å². The minimum Gasteiger partial charge on any atom is -0.278 e. The molecule has 1 saturated heterocycles. The van der Waals surface area contributed by atoms with Gasteiger partial charge in [0.05, 0.1) is 0 Å². The summed E-state index contributed by atoms with van der Waals surface area (Å²) < 4.78 is 0. The van der Waals surface area contributed by atoms with Crippen molar-refractivity contribution < 1.29 is 9.59 Å². The summed E-state index contributed by atoms with van der Waals surface area (Å²) in [6.45, 7) is 0.526. The number of imide groups is 1. The molecular formula is C19H19NO2. The Kier molecular flexibility index (Phi) is 4.33. The zero-order valence-corrected chi connectivity index (χ0v) is 12.4. The molecule has 3 rings (SSSR count). The molecule has 1 atom stereocenters. The van der Waals surface area contributed by atoms with Crippen LogP contribution in [-0.4, -0.2) is 23.3 Å². The van der Waals surface area contributed by atoms with Gasteiger partial charge in [0.25, 0.3) is 5.91 Å². The van der Waals surface area contributed by atoms with E-state index in [1.54, 1.807) is 12.1 Å². The molecule has 0 aromatic heterocycles. The smallest absolute Gasteiger partial charge is 0.260 e.